The van der Waals surface area contributed by atoms with Gasteiger partial charge in [0.25, 0.3) is 0 Å². The standard InChI is InChI=1S/C50H59ClN4O9/c1-32(54(5)47(59)35(27-45(57)62-7)25-33-15-9-8-10-16-33)30-52-44(56)28-37(26-34-21-23-36(51)24-22-34)55(6)48(60)43(29-46(58)64-50(2,3)4)53-49(61)63-31-42-40-19-13-11-17-38(40)39-18-12-14-20-41(39)42/h8-24,32,35,37,42-43H,25-31H2,1-7H3,(H,52,56)(H,53,61)/t32-,35?,37?,43?/m0/s1. The van der Waals surface area contributed by atoms with Crippen LogP contribution in [0.1, 0.15) is 75.1 Å². The first kappa shape index (κ1) is 48.8. The van der Waals surface area contributed by atoms with Gasteiger partial charge in [-0.25, -0.2) is 4.79 Å². The largest absolute Gasteiger partial charge is 0.469 e. The Hall–Kier alpha value is -6.21. The zero-order valence-corrected chi connectivity index (χ0v) is 38.4. The molecule has 5 rings (SSSR count). The van der Waals surface area contributed by atoms with Crippen molar-refractivity contribution in [1.82, 2.24) is 20.4 Å². The molecule has 64 heavy (non-hydrogen) atoms. The van der Waals surface area contributed by atoms with Crippen LogP contribution in [0.3, 0.4) is 0 Å². The first-order valence-electron chi connectivity index (χ1n) is 21.4. The number of hydrogen-bond acceptors (Lipinski definition) is 9. The zero-order chi connectivity index (χ0) is 46.6. The molecule has 13 nitrogen and oxygen atoms in total. The van der Waals surface area contributed by atoms with Gasteiger partial charge in [-0.05, 0) is 86.1 Å². The number of esters is 2. The molecule has 0 aromatic heterocycles. The van der Waals surface area contributed by atoms with Gasteiger partial charge in [-0.15, -0.1) is 0 Å². The summed E-state index contributed by atoms with van der Waals surface area (Å²) < 4.78 is 16.2. The second-order valence-electron chi connectivity index (χ2n) is 17.2. The number of carbonyl (C=O) groups is 6. The second kappa shape index (κ2) is 22.4. The van der Waals surface area contributed by atoms with Crippen LogP contribution >= 0.6 is 11.6 Å². The van der Waals surface area contributed by atoms with Gasteiger partial charge in [0.05, 0.1) is 25.9 Å². The second-order valence-corrected chi connectivity index (χ2v) is 17.7. The summed E-state index contributed by atoms with van der Waals surface area (Å²) in [4.78, 5) is 83.9. The highest BCUT2D eigenvalue weighted by Crippen LogP contribution is 2.44. The number of nitrogens with one attached hydrogen (secondary N) is 2. The summed E-state index contributed by atoms with van der Waals surface area (Å²) >= 11 is 6.18. The van der Waals surface area contributed by atoms with E-state index in [-0.39, 0.29) is 44.2 Å². The molecule has 0 saturated carbocycles. The Kier molecular flexibility index (Phi) is 17.1. The van der Waals surface area contributed by atoms with E-state index in [1.165, 1.54) is 24.0 Å². The average Bonchev–Trinajstić information content (AvgIpc) is 3.59. The molecule has 4 amide bonds. The van der Waals surface area contributed by atoms with Gasteiger partial charge in [0.1, 0.15) is 18.2 Å². The molecule has 340 valence electrons. The Bertz CT molecular complexity index is 2220. The highest BCUT2D eigenvalue weighted by Gasteiger charge is 2.35. The molecule has 0 bridgehead atoms. The number of likely N-dealkylation sites (N-methyl/N-ethyl adjacent to an activating group) is 2. The molecule has 14 heteroatoms. The average molecular weight is 895 g/mol. The summed E-state index contributed by atoms with van der Waals surface area (Å²) in [7, 11) is 4.42. The SMILES string of the molecule is COC(=O)CC(Cc1ccccc1)C(=O)N(C)[C@@H](C)CNC(=O)CC(Cc1ccc(Cl)cc1)N(C)C(=O)C(CC(=O)OC(C)(C)C)NC(=O)OCC1c2ccccc2-c2ccccc21. The number of ether oxygens (including phenoxy) is 3. The van der Waals surface area contributed by atoms with Crippen LogP contribution < -0.4 is 10.6 Å². The van der Waals surface area contributed by atoms with E-state index in [9.17, 15) is 28.8 Å². The van der Waals surface area contributed by atoms with Crippen molar-refractivity contribution in [3.05, 3.63) is 130 Å². The van der Waals surface area contributed by atoms with Gasteiger partial charge in [0.15, 0.2) is 0 Å². The van der Waals surface area contributed by atoms with Gasteiger partial charge < -0.3 is 34.6 Å². The molecule has 4 atom stereocenters. The van der Waals surface area contributed by atoms with E-state index in [1.807, 2.05) is 78.9 Å². The quantitative estimate of drug-likeness (QED) is 0.0738. The maximum atomic E-state index is 14.5. The number of rotatable bonds is 19. The van der Waals surface area contributed by atoms with E-state index in [1.54, 1.807) is 59.0 Å². The van der Waals surface area contributed by atoms with Crippen molar-refractivity contribution >= 4 is 47.4 Å². The minimum absolute atomic E-state index is 0.0133. The molecule has 4 aromatic rings. The summed E-state index contributed by atoms with van der Waals surface area (Å²) in [6.07, 6.45) is -1.11. The number of carbonyl (C=O) groups excluding carboxylic acids is 6. The van der Waals surface area contributed by atoms with E-state index in [0.717, 1.165) is 33.4 Å². The molecule has 0 aliphatic heterocycles. The number of methoxy groups -OCH3 is 1. The topological polar surface area (TPSA) is 161 Å². The summed E-state index contributed by atoms with van der Waals surface area (Å²) in [5, 5.41) is 6.05. The fourth-order valence-electron chi connectivity index (χ4n) is 7.82. The number of benzene rings is 4. The Balaban J connectivity index is 1.29. The number of hydrogen-bond donors (Lipinski definition) is 2. The molecular formula is C50H59ClN4O9. The third-order valence-corrected chi connectivity index (χ3v) is 11.6. The molecule has 0 spiro atoms. The lowest BCUT2D eigenvalue weighted by molar-refractivity contribution is -0.157. The number of nitrogens with zero attached hydrogens (tertiary/aromatic N) is 2. The van der Waals surface area contributed by atoms with Crippen molar-refractivity contribution in [1.29, 1.82) is 0 Å². The van der Waals surface area contributed by atoms with Crippen LogP contribution in [0, 0.1) is 5.92 Å². The lowest BCUT2D eigenvalue weighted by atomic mass is 9.94. The van der Waals surface area contributed by atoms with Crippen LogP contribution in [0.25, 0.3) is 11.1 Å². The first-order chi connectivity index (χ1) is 30.4. The maximum Gasteiger partial charge on any atom is 0.407 e. The minimum atomic E-state index is -1.40. The van der Waals surface area contributed by atoms with E-state index in [0.29, 0.717) is 11.4 Å². The monoisotopic (exact) mass is 894 g/mol. The summed E-state index contributed by atoms with van der Waals surface area (Å²) in [5.74, 6) is -3.46. The van der Waals surface area contributed by atoms with Crippen molar-refractivity contribution in [3.8, 4) is 11.1 Å². The summed E-state index contributed by atoms with van der Waals surface area (Å²) in [6, 6.07) is 29.6. The minimum Gasteiger partial charge on any atom is -0.469 e. The predicted octanol–water partition coefficient (Wildman–Crippen LogP) is 7.12. The molecule has 1 aliphatic carbocycles. The maximum absolute atomic E-state index is 14.5. The molecule has 3 unspecified atom stereocenters. The molecule has 0 saturated heterocycles. The van der Waals surface area contributed by atoms with Gasteiger partial charge in [-0.3, -0.25) is 24.0 Å². The molecular weight excluding hydrogens is 836 g/mol. The molecule has 2 N–H and O–H groups in total. The molecule has 0 radical (unpaired) electrons. The molecule has 0 fully saturated rings. The van der Waals surface area contributed by atoms with Crippen molar-refractivity contribution in [2.24, 2.45) is 5.92 Å². The van der Waals surface area contributed by atoms with E-state index in [4.69, 9.17) is 25.8 Å². The zero-order valence-electron chi connectivity index (χ0n) is 37.6. The molecule has 0 heterocycles. The van der Waals surface area contributed by atoms with Gasteiger partial charge in [0, 0.05) is 50.1 Å². The van der Waals surface area contributed by atoms with Crippen molar-refractivity contribution in [2.45, 2.75) is 89.4 Å². The highest BCUT2D eigenvalue weighted by atomic mass is 35.5. The van der Waals surface area contributed by atoms with Crippen molar-refractivity contribution in [2.75, 3.05) is 34.4 Å². The van der Waals surface area contributed by atoms with Gasteiger partial charge in [-0.2, -0.15) is 0 Å². The van der Waals surface area contributed by atoms with Gasteiger partial charge in [0.2, 0.25) is 17.7 Å². The van der Waals surface area contributed by atoms with Crippen LogP contribution in [0.2, 0.25) is 5.02 Å². The van der Waals surface area contributed by atoms with Crippen LogP contribution in [0.5, 0.6) is 0 Å². The van der Waals surface area contributed by atoms with E-state index < -0.39 is 65.9 Å². The third-order valence-electron chi connectivity index (χ3n) is 11.3. The van der Waals surface area contributed by atoms with Crippen LogP contribution in [0.15, 0.2) is 103 Å². The number of halogens is 1. The lowest BCUT2D eigenvalue weighted by Gasteiger charge is -2.32. The Morgan fingerprint density at radius 1 is 0.703 bits per heavy atom. The Labute approximate surface area is 380 Å². The van der Waals surface area contributed by atoms with Crippen LogP contribution in [-0.4, -0.2) is 104 Å². The predicted molar refractivity (Wildman–Crippen MR) is 244 cm³/mol. The third kappa shape index (κ3) is 13.6. The van der Waals surface area contributed by atoms with E-state index in [2.05, 4.69) is 10.6 Å². The normalized spacial score (nSPS) is 13.8. The van der Waals surface area contributed by atoms with Gasteiger partial charge in [-0.1, -0.05) is 103 Å². The van der Waals surface area contributed by atoms with Crippen molar-refractivity contribution < 1.29 is 43.0 Å². The number of fused-ring (bicyclic) bond motifs is 3. The Morgan fingerprint density at radius 3 is 1.88 bits per heavy atom. The fourth-order valence-corrected chi connectivity index (χ4v) is 7.94. The molecule has 4 aromatic carbocycles. The Morgan fingerprint density at radius 2 is 1.28 bits per heavy atom. The number of amides is 4. The summed E-state index contributed by atoms with van der Waals surface area (Å²) in [5.41, 5.74) is 4.95. The summed E-state index contributed by atoms with van der Waals surface area (Å²) in [6.45, 7) is 6.95. The molecule has 1 aliphatic rings. The lowest BCUT2D eigenvalue weighted by Crippen LogP contribution is -2.53. The highest BCUT2D eigenvalue weighted by molar-refractivity contribution is 6.30. The van der Waals surface area contributed by atoms with Crippen LogP contribution in [0.4, 0.5) is 4.79 Å². The van der Waals surface area contributed by atoms with Crippen molar-refractivity contribution in [3.63, 3.8) is 0 Å². The first-order valence-corrected chi connectivity index (χ1v) is 21.8. The smallest absolute Gasteiger partial charge is 0.407 e. The van der Waals surface area contributed by atoms with Gasteiger partial charge >= 0.3 is 18.0 Å². The fraction of sp³-hybridized carbons (Fsp3) is 0.400. The van der Waals surface area contributed by atoms with Crippen LogP contribution in [-0.2, 0) is 51.0 Å². The van der Waals surface area contributed by atoms with E-state index >= 15 is 0 Å². The number of alkyl carbamates (subject to hydrolysis) is 1.